The van der Waals surface area contributed by atoms with Gasteiger partial charge in [0.1, 0.15) is 9.90 Å². The fraction of sp³-hybridized carbons (Fsp3) is 0.750. The molecule has 1 aliphatic heterocycles. The van der Waals surface area contributed by atoms with Gasteiger partial charge in [0, 0.05) is 13.1 Å². The van der Waals surface area contributed by atoms with Crippen molar-refractivity contribution in [1.29, 1.82) is 0 Å². The first-order valence-corrected chi connectivity index (χ1v) is 9.36. The molecule has 1 aliphatic carbocycles. The summed E-state index contributed by atoms with van der Waals surface area (Å²) in [7, 11) is -3.29. The molecule has 3 rings (SSSR count). The van der Waals surface area contributed by atoms with Crippen molar-refractivity contribution >= 4 is 32.2 Å². The van der Waals surface area contributed by atoms with E-state index in [1.54, 1.807) is 0 Å². The zero-order valence-electron chi connectivity index (χ0n) is 11.3. The number of sulfone groups is 1. The Bertz CT molecular complexity index is 574. The molecule has 0 aromatic carbocycles. The number of aromatic nitrogens is 1. The second kappa shape index (κ2) is 5.50. The van der Waals surface area contributed by atoms with Crippen LogP contribution in [0.15, 0.2) is 4.90 Å². The molecule has 0 spiro atoms. The minimum Gasteiger partial charge on any atom is -0.382 e. The Morgan fingerprint density at radius 3 is 2.70 bits per heavy atom. The summed E-state index contributed by atoms with van der Waals surface area (Å²) in [5, 5.41) is 3.56. The van der Waals surface area contributed by atoms with E-state index >= 15 is 0 Å². The Morgan fingerprint density at radius 1 is 1.35 bits per heavy atom. The lowest BCUT2D eigenvalue weighted by molar-refractivity contribution is 0.353. The van der Waals surface area contributed by atoms with Crippen molar-refractivity contribution < 1.29 is 8.42 Å². The molecule has 2 heterocycles. The predicted molar refractivity (Wildman–Crippen MR) is 80.9 cm³/mol. The Kier molecular flexibility index (Phi) is 3.87. The summed E-state index contributed by atoms with van der Waals surface area (Å²) in [6.07, 6.45) is 4.00. The van der Waals surface area contributed by atoms with Gasteiger partial charge >= 0.3 is 0 Å². The first-order valence-electron chi connectivity index (χ1n) is 7.04. The monoisotopic (exact) mass is 316 g/mol. The third-order valence-corrected chi connectivity index (χ3v) is 7.11. The van der Waals surface area contributed by atoms with E-state index < -0.39 is 9.84 Å². The van der Waals surface area contributed by atoms with Crippen molar-refractivity contribution in [2.45, 2.75) is 35.8 Å². The highest BCUT2D eigenvalue weighted by Crippen LogP contribution is 2.40. The Balaban J connectivity index is 1.67. The molecule has 1 saturated heterocycles. The number of nitrogen functional groups attached to an aromatic ring is 1. The van der Waals surface area contributed by atoms with Gasteiger partial charge in [-0.2, -0.15) is 4.37 Å². The van der Waals surface area contributed by atoms with Crippen LogP contribution < -0.4 is 11.1 Å². The van der Waals surface area contributed by atoms with Crippen LogP contribution in [0.2, 0.25) is 0 Å². The summed E-state index contributed by atoms with van der Waals surface area (Å²) in [6.45, 7) is 3.94. The fourth-order valence-electron chi connectivity index (χ4n) is 2.56. The SMILES string of the molecule is Nc1nsc(NCCN2CCCC2)c1S(=O)(=O)C1CC1. The van der Waals surface area contributed by atoms with Crippen LogP contribution in [-0.2, 0) is 9.84 Å². The largest absolute Gasteiger partial charge is 0.382 e. The molecule has 0 unspecified atom stereocenters. The summed E-state index contributed by atoms with van der Waals surface area (Å²) in [6, 6.07) is 0. The van der Waals surface area contributed by atoms with Crippen LogP contribution >= 0.6 is 11.5 Å². The van der Waals surface area contributed by atoms with Crippen LogP contribution in [0.5, 0.6) is 0 Å². The number of nitrogens with zero attached hydrogens (tertiary/aromatic N) is 2. The van der Waals surface area contributed by atoms with Gasteiger partial charge in [-0.05, 0) is 50.3 Å². The van der Waals surface area contributed by atoms with Crippen LogP contribution in [0.25, 0.3) is 0 Å². The minimum atomic E-state index is -3.29. The molecular formula is C12H20N4O2S2. The van der Waals surface area contributed by atoms with Crippen LogP contribution in [0, 0.1) is 0 Å². The Hall–Kier alpha value is -0.860. The molecular weight excluding hydrogens is 296 g/mol. The molecule has 6 nitrogen and oxygen atoms in total. The average molecular weight is 316 g/mol. The highest BCUT2D eigenvalue weighted by atomic mass is 32.2. The smallest absolute Gasteiger partial charge is 0.187 e. The molecule has 2 fully saturated rings. The van der Waals surface area contributed by atoms with Crippen molar-refractivity contribution in [2.75, 3.05) is 37.2 Å². The molecule has 1 aromatic heterocycles. The quantitative estimate of drug-likeness (QED) is 0.819. The van der Waals surface area contributed by atoms with E-state index in [1.807, 2.05) is 0 Å². The lowest BCUT2D eigenvalue weighted by atomic mass is 10.4. The topological polar surface area (TPSA) is 88.3 Å². The minimum absolute atomic E-state index is 0.144. The van der Waals surface area contributed by atoms with E-state index in [2.05, 4.69) is 14.6 Å². The van der Waals surface area contributed by atoms with E-state index in [0.717, 1.165) is 50.6 Å². The molecule has 2 aliphatic rings. The third kappa shape index (κ3) is 2.77. The van der Waals surface area contributed by atoms with Gasteiger partial charge in [-0.25, -0.2) is 8.42 Å². The van der Waals surface area contributed by atoms with Crippen molar-refractivity contribution in [3.8, 4) is 0 Å². The van der Waals surface area contributed by atoms with Crippen molar-refractivity contribution in [3.63, 3.8) is 0 Å². The molecule has 1 saturated carbocycles. The Morgan fingerprint density at radius 2 is 2.05 bits per heavy atom. The van der Waals surface area contributed by atoms with E-state index in [-0.39, 0.29) is 16.0 Å². The second-order valence-corrected chi connectivity index (χ2v) is 8.38. The summed E-state index contributed by atoms with van der Waals surface area (Å²) in [4.78, 5) is 2.61. The van der Waals surface area contributed by atoms with E-state index in [4.69, 9.17) is 5.73 Å². The number of rotatable bonds is 6. The van der Waals surface area contributed by atoms with Gasteiger partial charge in [0.2, 0.25) is 0 Å². The van der Waals surface area contributed by atoms with Gasteiger partial charge in [0.25, 0.3) is 0 Å². The summed E-state index contributed by atoms with van der Waals surface area (Å²) in [5.74, 6) is 0.144. The number of nitrogens with two attached hydrogens (primary N) is 1. The van der Waals surface area contributed by atoms with Crippen molar-refractivity contribution in [3.05, 3.63) is 0 Å². The third-order valence-electron chi connectivity index (χ3n) is 3.83. The molecule has 8 heteroatoms. The Labute approximate surface area is 123 Å². The lowest BCUT2D eigenvalue weighted by Gasteiger charge is -2.15. The molecule has 0 radical (unpaired) electrons. The summed E-state index contributed by atoms with van der Waals surface area (Å²) < 4.78 is 28.7. The first kappa shape index (κ1) is 14.1. The normalized spacial score (nSPS) is 20.4. The maximum atomic E-state index is 12.4. The highest BCUT2D eigenvalue weighted by Gasteiger charge is 2.40. The maximum absolute atomic E-state index is 12.4. The molecule has 0 atom stereocenters. The molecule has 0 amide bonds. The van der Waals surface area contributed by atoms with Crippen molar-refractivity contribution in [1.82, 2.24) is 9.27 Å². The predicted octanol–water partition coefficient (Wildman–Crippen LogP) is 1.17. The van der Waals surface area contributed by atoms with E-state index in [1.165, 1.54) is 12.8 Å². The number of likely N-dealkylation sites (tertiary alicyclic amines) is 1. The number of anilines is 2. The molecule has 0 bridgehead atoms. The zero-order valence-corrected chi connectivity index (χ0v) is 13.0. The zero-order chi connectivity index (χ0) is 14.2. The highest BCUT2D eigenvalue weighted by molar-refractivity contribution is 7.92. The maximum Gasteiger partial charge on any atom is 0.187 e. The van der Waals surface area contributed by atoms with Gasteiger partial charge in [0.05, 0.1) is 5.25 Å². The first-order chi connectivity index (χ1) is 9.59. The number of hydrogen-bond acceptors (Lipinski definition) is 7. The van der Waals surface area contributed by atoms with Gasteiger partial charge < -0.3 is 16.0 Å². The molecule has 3 N–H and O–H groups in total. The van der Waals surface area contributed by atoms with Crippen LogP contribution in [0.1, 0.15) is 25.7 Å². The summed E-state index contributed by atoms with van der Waals surface area (Å²) in [5.41, 5.74) is 5.76. The fourth-order valence-corrected chi connectivity index (χ4v) is 5.47. The van der Waals surface area contributed by atoms with Gasteiger partial charge in [-0.15, -0.1) is 0 Å². The standard InChI is InChI=1S/C12H20N4O2S2/c13-11-10(20(17,18)9-3-4-9)12(19-15-11)14-5-8-16-6-1-2-7-16/h9,14H,1-8H2,(H2,13,15). The van der Waals surface area contributed by atoms with Crippen LogP contribution in [0.4, 0.5) is 10.8 Å². The van der Waals surface area contributed by atoms with Crippen LogP contribution in [-0.4, -0.2) is 49.1 Å². The second-order valence-electron chi connectivity index (χ2n) is 5.45. The summed E-state index contributed by atoms with van der Waals surface area (Å²) >= 11 is 1.15. The average Bonchev–Trinajstić information content (AvgIpc) is 3.03. The van der Waals surface area contributed by atoms with Crippen molar-refractivity contribution in [2.24, 2.45) is 0 Å². The molecule has 1 aromatic rings. The van der Waals surface area contributed by atoms with Gasteiger partial charge in [0.15, 0.2) is 15.7 Å². The molecule has 112 valence electrons. The lowest BCUT2D eigenvalue weighted by Crippen LogP contribution is -2.26. The van der Waals surface area contributed by atoms with Gasteiger partial charge in [-0.3, -0.25) is 0 Å². The van der Waals surface area contributed by atoms with E-state index in [0.29, 0.717) is 5.00 Å². The van der Waals surface area contributed by atoms with E-state index in [9.17, 15) is 8.42 Å². The van der Waals surface area contributed by atoms with Gasteiger partial charge in [-0.1, -0.05) is 0 Å². The van der Waals surface area contributed by atoms with Crippen LogP contribution in [0.3, 0.4) is 0 Å². The number of hydrogen-bond donors (Lipinski definition) is 2. The number of nitrogens with one attached hydrogen (secondary N) is 1. The molecule has 20 heavy (non-hydrogen) atoms.